The monoisotopic (exact) mass is 348 g/mol. The molecular formula is C21H20N2O3. The molecule has 1 aliphatic rings. The minimum Gasteiger partial charge on any atom is -0.457 e. The molecule has 0 aliphatic carbocycles. The minimum absolute atomic E-state index is 0.262. The summed E-state index contributed by atoms with van der Waals surface area (Å²) in [5.41, 5.74) is 5.91. The maximum Gasteiger partial charge on any atom is 0.338 e. The lowest BCUT2D eigenvalue weighted by Crippen LogP contribution is -2.11. The molecule has 1 aromatic heterocycles. The van der Waals surface area contributed by atoms with E-state index in [0.717, 1.165) is 29.8 Å². The van der Waals surface area contributed by atoms with Crippen molar-refractivity contribution >= 4 is 5.97 Å². The van der Waals surface area contributed by atoms with Gasteiger partial charge in [-0.3, -0.25) is 0 Å². The van der Waals surface area contributed by atoms with Crippen LogP contribution in [0.5, 0.6) is 0 Å². The highest BCUT2D eigenvalue weighted by Gasteiger charge is 2.12. The van der Waals surface area contributed by atoms with Crippen LogP contribution in [0.4, 0.5) is 0 Å². The van der Waals surface area contributed by atoms with Crippen molar-refractivity contribution in [2.75, 3.05) is 6.61 Å². The van der Waals surface area contributed by atoms with Crippen LogP contribution in [0.1, 0.15) is 32.6 Å². The zero-order chi connectivity index (χ0) is 17.9. The van der Waals surface area contributed by atoms with Gasteiger partial charge in [0.15, 0.2) is 0 Å². The van der Waals surface area contributed by atoms with E-state index in [2.05, 4.69) is 17.2 Å². The lowest BCUT2D eigenvalue weighted by atomic mass is 10.0. The average molecular weight is 348 g/mol. The molecule has 0 spiro atoms. The van der Waals surface area contributed by atoms with E-state index >= 15 is 0 Å². The van der Waals surface area contributed by atoms with Crippen molar-refractivity contribution in [2.45, 2.75) is 26.6 Å². The van der Waals surface area contributed by atoms with Crippen LogP contribution in [0.2, 0.25) is 0 Å². The van der Waals surface area contributed by atoms with Crippen LogP contribution < -0.4 is 0 Å². The van der Waals surface area contributed by atoms with Gasteiger partial charge in [0.2, 0.25) is 0 Å². The Labute approximate surface area is 152 Å². The van der Waals surface area contributed by atoms with Gasteiger partial charge in [0, 0.05) is 6.20 Å². The maximum atomic E-state index is 12.4. The Morgan fingerprint density at radius 1 is 1.23 bits per heavy atom. The first-order valence-corrected chi connectivity index (χ1v) is 8.66. The number of hydrogen-bond donors (Lipinski definition) is 0. The molecule has 2 aromatic carbocycles. The summed E-state index contributed by atoms with van der Waals surface area (Å²) in [4.78, 5) is 12.4. The summed E-state index contributed by atoms with van der Waals surface area (Å²) >= 11 is 0. The number of esters is 1. The summed E-state index contributed by atoms with van der Waals surface area (Å²) in [6, 6.07) is 13.4. The quantitative estimate of drug-likeness (QED) is 0.676. The van der Waals surface area contributed by atoms with Crippen LogP contribution in [0.3, 0.4) is 0 Å². The third-order valence-corrected chi connectivity index (χ3v) is 4.47. The average Bonchev–Trinajstić information content (AvgIpc) is 3.12. The Morgan fingerprint density at radius 3 is 3.00 bits per heavy atom. The highest BCUT2D eigenvalue weighted by Crippen LogP contribution is 2.19. The van der Waals surface area contributed by atoms with Crippen LogP contribution in [0.15, 0.2) is 54.9 Å². The first kappa shape index (κ1) is 16.5. The Bertz CT molecular complexity index is 946. The van der Waals surface area contributed by atoms with E-state index in [0.29, 0.717) is 12.2 Å². The van der Waals surface area contributed by atoms with Crippen molar-refractivity contribution in [1.29, 1.82) is 0 Å². The molecule has 26 heavy (non-hydrogen) atoms. The van der Waals surface area contributed by atoms with E-state index in [9.17, 15) is 4.79 Å². The SMILES string of the molecule is Cc1cnn(-c2cccc(C(=O)OCc3ccc4c(c3)CCOC4)c2)c1. The normalized spacial score (nSPS) is 13.3. The molecule has 0 fully saturated rings. The number of rotatable bonds is 4. The van der Waals surface area contributed by atoms with Gasteiger partial charge in [-0.1, -0.05) is 24.3 Å². The lowest BCUT2D eigenvalue weighted by Gasteiger charge is -2.17. The number of aryl methyl sites for hydroxylation is 1. The molecule has 2 heterocycles. The molecule has 0 N–H and O–H groups in total. The molecule has 0 saturated heterocycles. The number of ether oxygens (including phenoxy) is 2. The van der Waals surface area contributed by atoms with Crippen molar-refractivity contribution in [1.82, 2.24) is 9.78 Å². The van der Waals surface area contributed by atoms with Crippen molar-refractivity contribution < 1.29 is 14.3 Å². The van der Waals surface area contributed by atoms with Gasteiger partial charge in [0.1, 0.15) is 6.61 Å². The van der Waals surface area contributed by atoms with Gasteiger partial charge in [-0.05, 0) is 53.8 Å². The van der Waals surface area contributed by atoms with Crippen LogP contribution >= 0.6 is 0 Å². The molecule has 0 amide bonds. The Balaban J connectivity index is 1.45. The Kier molecular flexibility index (Phi) is 4.54. The van der Waals surface area contributed by atoms with Gasteiger partial charge in [0.05, 0.1) is 30.7 Å². The third kappa shape index (κ3) is 3.53. The minimum atomic E-state index is -0.336. The summed E-state index contributed by atoms with van der Waals surface area (Å²) in [7, 11) is 0. The fraction of sp³-hybridized carbons (Fsp3) is 0.238. The zero-order valence-corrected chi connectivity index (χ0v) is 14.6. The largest absolute Gasteiger partial charge is 0.457 e. The van der Waals surface area contributed by atoms with Gasteiger partial charge in [0.25, 0.3) is 0 Å². The summed E-state index contributed by atoms with van der Waals surface area (Å²) in [6.07, 6.45) is 4.61. The summed E-state index contributed by atoms with van der Waals surface area (Å²) in [5, 5.41) is 4.28. The van der Waals surface area contributed by atoms with E-state index in [1.165, 1.54) is 11.1 Å². The van der Waals surface area contributed by atoms with Crippen LogP contribution in [0.25, 0.3) is 5.69 Å². The smallest absolute Gasteiger partial charge is 0.338 e. The molecule has 3 aromatic rings. The van der Waals surface area contributed by atoms with Gasteiger partial charge < -0.3 is 9.47 Å². The predicted molar refractivity (Wildman–Crippen MR) is 97.2 cm³/mol. The Hall–Kier alpha value is -2.92. The number of aromatic nitrogens is 2. The van der Waals surface area contributed by atoms with Gasteiger partial charge >= 0.3 is 5.97 Å². The number of nitrogens with zero attached hydrogens (tertiary/aromatic N) is 2. The highest BCUT2D eigenvalue weighted by atomic mass is 16.5. The second-order valence-corrected chi connectivity index (χ2v) is 6.49. The first-order valence-electron chi connectivity index (χ1n) is 8.66. The number of carbonyl (C=O) groups excluding carboxylic acids is 1. The molecule has 0 atom stereocenters. The molecule has 0 saturated carbocycles. The fourth-order valence-electron chi connectivity index (χ4n) is 3.07. The molecule has 132 valence electrons. The standard InChI is InChI=1S/C21H20N2O3/c1-15-11-22-23(12-15)20-4-2-3-18(10-20)21(24)26-13-16-5-6-19-14-25-8-7-17(19)9-16/h2-6,9-12H,7-8,13-14H2,1H3. The number of carbonyl (C=O) groups is 1. The second kappa shape index (κ2) is 7.14. The van der Waals surface area contributed by atoms with E-state index in [1.807, 2.05) is 31.3 Å². The van der Waals surface area contributed by atoms with E-state index < -0.39 is 0 Å². The van der Waals surface area contributed by atoms with E-state index in [4.69, 9.17) is 9.47 Å². The lowest BCUT2D eigenvalue weighted by molar-refractivity contribution is 0.0472. The van der Waals surface area contributed by atoms with Crippen molar-refractivity contribution in [3.05, 3.63) is 82.7 Å². The fourth-order valence-corrected chi connectivity index (χ4v) is 3.07. The Morgan fingerprint density at radius 2 is 2.15 bits per heavy atom. The highest BCUT2D eigenvalue weighted by molar-refractivity contribution is 5.90. The third-order valence-electron chi connectivity index (χ3n) is 4.47. The molecular weight excluding hydrogens is 328 g/mol. The number of benzene rings is 2. The molecule has 0 bridgehead atoms. The molecule has 0 radical (unpaired) electrons. The summed E-state index contributed by atoms with van der Waals surface area (Å²) in [5.74, 6) is -0.336. The summed E-state index contributed by atoms with van der Waals surface area (Å²) in [6.45, 7) is 3.65. The first-order chi connectivity index (χ1) is 12.7. The van der Waals surface area contributed by atoms with Crippen molar-refractivity contribution in [3.63, 3.8) is 0 Å². The van der Waals surface area contributed by atoms with Gasteiger partial charge in [-0.15, -0.1) is 0 Å². The predicted octanol–water partition coefficient (Wildman–Crippen LogP) is 3.61. The van der Waals surface area contributed by atoms with Gasteiger partial charge in [-0.25, -0.2) is 9.48 Å². The maximum absolute atomic E-state index is 12.4. The molecule has 4 rings (SSSR count). The molecule has 0 unspecified atom stereocenters. The van der Waals surface area contributed by atoms with Crippen molar-refractivity contribution in [3.8, 4) is 5.69 Å². The number of fused-ring (bicyclic) bond motifs is 1. The number of hydrogen-bond acceptors (Lipinski definition) is 4. The topological polar surface area (TPSA) is 53.4 Å². The van der Waals surface area contributed by atoms with Crippen LogP contribution in [-0.4, -0.2) is 22.4 Å². The summed E-state index contributed by atoms with van der Waals surface area (Å²) < 4.78 is 12.7. The van der Waals surface area contributed by atoms with Crippen LogP contribution in [0, 0.1) is 6.92 Å². The molecule has 1 aliphatic heterocycles. The van der Waals surface area contributed by atoms with Gasteiger partial charge in [-0.2, -0.15) is 5.10 Å². The van der Waals surface area contributed by atoms with E-state index in [-0.39, 0.29) is 12.6 Å². The molecule has 5 nitrogen and oxygen atoms in total. The van der Waals surface area contributed by atoms with Crippen molar-refractivity contribution in [2.24, 2.45) is 0 Å². The second-order valence-electron chi connectivity index (χ2n) is 6.49. The molecule has 5 heteroatoms. The van der Waals surface area contributed by atoms with E-state index in [1.54, 1.807) is 23.0 Å². The van der Waals surface area contributed by atoms with Crippen LogP contribution in [-0.2, 0) is 29.1 Å². The zero-order valence-electron chi connectivity index (χ0n) is 14.6.